The fourth-order valence-corrected chi connectivity index (χ4v) is 1.29. The van der Waals surface area contributed by atoms with Crippen molar-refractivity contribution in [2.45, 2.75) is 6.92 Å². The second kappa shape index (κ2) is 3.41. The highest BCUT2D eigenvalue weighted by atomic mass is 33.1. The monoisotopic (exact) mass is 190 g/mol. The van der Waals surface area contributed by atoms with Gasteiger partial charge in [0.05, 0.1) is 0 Å². The van der Waals surface area contributed by atoms with E-state index in [-0.39, 0.29) is 0 Å². The Kier molecular flexibility index (Phi) is 2.76. The molecule has 0 bridgehead atoms. The Morgan fingerprint density at radius 3 is 3.00 bits per heavy atom. The average molecular weight is 190 g/mol. The maximum absolute atomic E-state index is 4.95. The van der Waals surface area contributed by atoms with Gasteiger partial charge < -0.3 is 0 Å². The molecule has 0 aromatic carbocycles. The first-order valence-corrected chi connectivity index (χ1v) is 4.90. The summed E-state index contributed by atoms with van der Waals surface area (Å²) < 4.78 is 2.33. The van der Waals surface area contributed by atoms with Crippen molar-refractivity contribution in [2.24, 2.45) is 0 Å². The van der Waals surface area contributed by atoms with E-state index >= 15 is 0 Å². The smallest absolute Gasteiger partial charge is 0.171 e. The third kappa shape index (κ3) is 1.53. The fraction of sp³-hybridized carbons (Fsp3) is 0.200. The van der Waals surface area contributed by atoms with E-state index in [1.54, 1.807) is 10.9 Å². The van der Waals surface area contributed by atoms with Crippen molar-refractivity contribution in [3.63, 3.8) is 0 Å². The summed E-state index contributed by atoms with van der Waals surface area (Å²) in [5, 5.41) is 3.99. The predicted molar refractivity (Wildman–Crippen MR) is 51.5 cm³/mol. The topological polar surface area (TPSA) is 17.8 Å². The molecule has 1 aromatic rings. The first-order valence-electron chi connectivity index (χ1n) is 2.62. The summed E-state index contributed by atoms with van der Waals surface area (Å²) in [6.45, 7) is 1.95. The van der Waals surface area contributed by atoms with Crippen molar-refractivity contribution in [1.29, 1.82) is 0 Å². The zero-order valence-electron chi connectivity index (χ0n) is 5.31. The number of aryl methyl sites for hydroxylation is 1. The van der Waals surface area contributed by atoms with Crippen LogP contribution in [0.15, 0.2) is 12.3 Å². The highest BCUT2D eigenvalue weighted by Gasteiger charge is 2.00. The molecule has 0 spiro atoms. The SMILES string of the molecule is Cc1ccnn1C(=S)SS. The Morgan fingerprint density at radius 1 is 1.90 bits per heavy atom. The molecule has 0 amide bonds. The molecule has 0 aliphatic carbocycles. The quantitative estimate of drug-likeness (QED) is 0.383. The van der Waals surface area contributed by atoms with Crippen LogP contribution in [0.5, 0.6) is 0 Å². The molecule has 0 atom stereocenters. The molecule has 0 N–H and O–H groups in total. The molecule has 0 saturated carbocycles. The van der Waals surface area contributed by atoms with Crippen LogP contribution in [0.4, 0.5) is 0 Å². The van der Waals surface area contributed by atoms with Crippen LogP contribution in [0.2, 0.25) is 0 Å². The molecule has 1 aromatic heterocycles. The van der Waals surface area contributed by atoms with E-state index in [9.17, 15) is 0 Å². The van der Waals surface area contributed by atoms with Crippen LogP contribution in [0.1, 0.15) is 5.69 Å². The molecule has 5 heteroatoms. The number of thiocarbonyl (C=S) groups is 1. The minimum absolute atomic E-state index is 0.658. The van der Waals surface area contributed by atoms with Crippen molar-refractivity contribution >= 4 is 39.0 Å². The van der Waals surface area contributed by atoms with Crippen LogP contribution < -0.4 is 0 Å². The molecule has 10 heavy (non-hydrogen) atoms. The normalized spacial score (nSPS) is 9.80. The van der Waals surface area contributed by atoms with E-state index in [4.69, 9.17) is 12.2 Å². The predicted octanol–water partition coefficient (Wildman–Crippen LogP) is 1.90. The zero-order chi connectivity index (χ0) is 7.56. The van der Waals surface area contributed by atoms with Gasteiger partial charge in [-0.25, -0.2) is 4.68 Å². The first kappa shape index (κ1) is 8.10. The summed E-state index contributed by atoms with van der Waals surface area (Å²) >= 11 is 8.91. The minimum atomic E-state index is 0.658. The molecule has 0 aliphatic heterocycles. The van der Waals surface area contributed by atoms with E-state index < -0.39 is 0 Å². The van der Waals surface area contributed by atoms with Gasteiger partial charge in [0.25, 0.3) is 0 Å². The van der Waals surface area contributed by atoms with Crippen LogP contribution in [-0.4, -0.2) is 14.1 Å². The van der Waals surface area contributed by atoms with Crippen LogP contribution in [0, 0.1) is 6.92 Å². The first-order chi connectivity index (χ1) is 4.75. The summed E-state index contributed by atoms with van der Waals surface area (Å²) in [4.78, 5) is 0. The van der Waals surface area contributed by atoms with Crippen LogP contribution in [-0.2, 0) is 0 Å². The lowest BCUT2D eigenvalue weighted by atomic mass is 10.5. The Hall–Kier alpha value is -0.000000000000000111. The van der Waals surface area contributed by atoms with Crippen LogP contribution >= 0.6 is 34.7 Å². The van der Waals surface area contributed by atoms with Gasteiger partial charge in [-0.05, 0) is 36.0 Å². The Labute approximate surface area is 73.8 Å². The molecule has 0 saturated heterocycles. The van der Waals surface area contributed by atoms with Gasteiger partial charge in [-0.1, -0.05) is 0 Å². The van der Waals surface area contributed by atoms with E-state index in [0.717, 1.165) is 5.69 Å². The third-order valence-electron chi connectivity index (χ3n) is 1.08. The van der Waals surface area contributed by atoms with Gasteiger partial charge in [-0.15, -0.1) is 11.7 Å². The summed E-state index contributed by atoms with van der Waals surface area (Å²) in [7, 11) is 1.22. The lowest BCUT2D eigenvalue weighted by molar-refractivity contribution is 0.925. The van der Waals surface area contributed by atoms with Crippen molar-refractivity contribution in [2.75, 3.05) is 0 Å². The highest BCUT2D eigenvalue weighted by molar-refractivity contribution is 8.76. The molecular weight excluding hydrogens is 184 g/mol. The number of hydrogen-bond acceptors (Lipinski definition) is 4. The van der Waals surface area contributed by atoms with Crippen molar-refractivity contribution in [3.05, 3.63) is 18.0 Å². The highest BCUT2D eigenvalue weighted by Crippen LogP contribution is 2.11. The largest absolute Gasteiger partial charge is 0.220 e. The van der Waals surface area contributed by atoms with Crippen molar-refractivity contribution in [1.82, 2.24) is 9.78 Å². The number of hydrogen-bond donors (Lipinski definition) is 1. The van der Waals surface area contributed by atoms with E-state index in [2.05, 4.69) is 16.8 Å². The van der Waals surface area contributed by atoms with E-state index in [1.807, 2.05) is 13.0 Å². The molecule has 54 valence electrons. The van der Waals surface area contributed by atoms with Gasteiger partial charge in [0.2, 0.25) is 0 Å². The van der Waals surface area contributed by atoms with Crippen LogP contribution in [0.3, 0.4) is 0 Å². The zero-order valence-corrected chi connectivity index (χ0v) is 7.84. The van der Waals surface area contributed by atoms with Gasteiger partial charge in [0.1, 0.15) is 0 Å². The number of thiol groups is 1. The molecule has 2 nitrogen and oxygen atoms in total. The lowest BCUT2D eigenvalue weighted by Crippen LogP contribution is -2.06. The number of aromatic nitrogens is 2. The van der Waals surface area contributed by atoms with E-state index in [1.165, 1.54) is 10.8 Å². The molecule has 1 heterocycles. The fourth-order valence-electron chi connectivity index (χ4n) is 0.599. The summed E-state index contributed by atoms with van der Waals surface area (Å²) in [5.41, 5.74) is 1.03. The number of rotatable bonds is 0. The second-order valence-corrected chi connectivity index (χ2v) is 3.50. The molecule has 1 rings (SSSR count). The molecule has 0 radical (unpaired) electrons. The second-order valence-electron chi connectivity index (χ2n) is 1.74. The maximum atomic E-state index is 4.95. The molecule has 0 aliphatic rings. The third-order valence-corrected chi connectivity index (χ3v) is 2.72. The minimum Gasteiger partial charge on any atom is -0.220 e. The van der Waals surface area contributed by atoms with Gasteiger partial charge in [0, 0.05) is 11.9 Å². The van der Waals surface area contributed by atoms with Gasteiger partial charge in [-0.2, -0.15) is 5.10 Å². The lowest BCUT2D eigenvalue weighted by Gasteiger charge is -1.99. The van der Waals surface area contributed by atoms with Gasteiger partial charge >= 0.3 is 0 Å². The number of nitrogens with zero attached hydrogens (tertiary/aromatic N) is 2. The summed E-state index contributed by atoms with van der Waals surface area (Å²) in [6, 6.07) is 1.90. The Morgan fingerprint density at radius 2 is 2.60 bits per heavy atom. The van der Waals surface area contributed by atoms with Crippen LogP contribution in [0.25, 0.3) is 0 Å². The Balaban J connectivity index is 2.93. The summed E-state index contributed by atoms with van der Waals surface area (Å²) in [5.74, 6) is 0. The van der Waals surface area contributed by atoms with Gasteiger partial charge in [-0.3, -0.25) is 0 Å². The Bertz CT molecular complexity index is 243. The molecular formula is C5H6N2S3. The van der Waals surface area contributed by atoms with Crippen molar-refractivity contribution in [3.8, 4) is 0 Å². The van der Waals surface area contributed by atoms with Gasteiger partial charge in [0.15, 0.2) is 4.32 Å². The van der Waals surface area contributed by atoms with Crippen molar-refractivity contribution < 1.29 is 0 Å². The van der Waals surface area contributed by atoms with E-state index in [0.29, 0.717) is 4.32 Å². The maximum Gasteiger partial charge on any atom is 0.171 e. The average Bonchev–Trinajstić information content (AvgIpc) is 2.34. The standard InChI is InChI=1S/C5H6N2S3/c1-4-2-3-6-7(4)5(8)10-9/h2-3,9H,1H3. The molecule has 0 unspecified atom stereocenters. The summed E-state index contributed by atoms with van der Waals surface area (Å²) in [6.07, 6.45) is 1.71. The molecule has 0 fully saturated rings.